The van der Waals surface area contributed by atoms with Crippen molar-refractivity contribution in [2.75, 3.05) is 45.9 Å². The van der Waals surface area contributed by atoms with Gasteiger partial charge in [-0.15, -0.1) is 24.0 Å². The zero-order valence-electron chi connectivity index (χ0n) is 18.8. The molecule has 0 amide bonds. The first kappa shape index (κ1) is 25.4. The molecule has 6 nitrogen and oxygen atoms in total. The van der Waals surface area contributed by atoms with Crippen molar-refractivity contribution in [1.82, 2.24) is 15.1 Å². The Bertz CT molecular complexity index is 648. The first-order valence-electron chi connectivity index (χ1n) is 11.3. The van der Waals surface area contributed by atoms with Crippen molar-refractivity contribution in [2.45, 2.75) is 58.9 Å². The first-order chi connectivity index (χ1) is 14.2. The molecule has 2 heterocycles. The molecule has 2 unspecified atom stereocenters. The molecule has 2 aliphatic rings. The van der Waals surface area contributed by atoms with Crippen LogP contribution in [0.1, 0.15) is 44.7 Å². The van der Waals surface area contributed by atoms with E-state index in [1.54, 1.807) is 0 Å². The Kier molecular flexibility index (Phi) is 11.4. The van der Waals surface area contributed by atoms with Crippen LogP contribution >= 0.6 is 24.0 Å². The third-order valence-corrected chi connectivity index (χ3v) is 5.81. The second kappa shape index (κ2) is 13.5. The summed E-state index contributed by atoms with van der Waals surface area (Å²) in [6, 6.07) is 8.83. The molecule has 1 aromatic rings. The largest absolute Gasteiger partial charge is 0.375 e. The van der Waals surface area contributed by atoms with Gasteiger partial charge < -0.3 is 19.7 Å². The number of aliphatic imine (C=N–C) groups is 1. The van der Waals surface area contributed by atoms with E-state index < -0.39 is 0 Å². The fraction of sp³-hybridized carbons (Fsp3) is 0.696. The van der Waals surface area contributed by atoms with Crippen LogP contribution in [0.3, 0.4) is 0 Å². The highest BCUT2D eigenvalue weighted by Gasteiger charge is 2.32. The molecule has 170 valence electrons. The highest BCUT2D eigenvalue weighted by atomic mass is 127. The van der Waals surface area contributed by atoms with E-state index in [9.17, 15) is 0 Å². The van der Waals surface area contributed by atoms with E-state index in [1.807, 2.05) is 0 Å². The number of guanidine groups is 1. The number of halogens is 1. The third kappa shape index (κ3) is 7.35. The lowest BCUT2D eigenvalue weighted by molar-refractivity contribution is -0.0817. The summed E-state index contributed by atoms with van der Waals surface area (Å²) in [6.45, 7) is 14.6. The van der Waals surface area contributed by atoms with Gasteiger partial charge in [-0.25, -0.2) is 4.99 Å². The van der Waals surface area contributed by atoms with Crippen molar-refractivity contribution >= 4 is 29.9 Å². The van der Waals surface area contributed by atoms with Gasteiger partial charge in [0.15, 0.2) is 5.96 Å². The summed E-state index contributed by atoms with van der Waals surface area (Å²) in [5.74, 6) is 0.980. The van der Waals surface area contributed by atoms with Gasteiger partial charge in [0.2, 0.25) is 0 Å². The molecule has 0 aliphatic carbocycles. The van der Waals surface area contributed by atoms with Crippen molar-refractivity contribution in [2.24, 2.45) is 4.99 Å². The normalized spacial score (nSPS) is 22.3. The van der Waals surface area contributed by atoms with Crippen LogP contribution in [-0.2, 0) is 22.6 Å². The van der Waals surface area contributed by atoms with Crippen molar-refractivity contribution in [3.05, 3.63) is 35.4 Å². The summed E-state index contributed by atoms with van der Waals surface area (Å²) in [7, 11) is 0. The number of rotatable bonds is 8. The van der Waals surface area contributed by atoms with E-state index in [2.05, 4.69) is 60.2 Å². The summed E-state index contributed by atoms with van der Waals surface area (Å²) < 4.78 is 11.9. The van der Waals surface area contributed by atoms with Gasteiger partial charge >= 0.3 is 0 Å². The smallest absolute Gasteiger partial charge is 0.194 e. The molecule has 1 aromatic carbocycles. The topological polar surface area (TPSA) is 49.3 Å². The molecule has 0 spiro atoms. The van der Waals surface area contributed by atoms with Crippen LogP contribution in [0.5, 0.6) is 0 Å². The lowest BCUT2D eigenvalue weighted by atomic mass is 10.1. The second-order valence-corrected chi connectivity index (χ2v) is 7.86. The quantitative estimate of drug-likeness (QED) is 0.317. The molecule has 2 saturated heterocycles. The average Bonchev–Trinajstić information content (AvgIpc) is 3.30. The zero-order valence-corrected chi connectivity index (χ0v) is 21.1. The molecule has 0 radical (unpaired) electrons. The van der Waals surface area contributed by atoms with Crippen LogP contribution in [0.2, 0.25) is 0 Å². The molecule has 2 fully saturated rings. The van der Waals surface area contributed by atoms with Crippen molar-refractivity contribution in [3.63, 3.8) is 0 Å². The van der Waals surface area contributed by atoms with E-state index in [0.29, 0.717) is 6.54 Å². The predicted octanol–water partition coefficient (Wildman–Crippen LogP) is 3.49. The minimum absolute atomic E-state index is 0. The Labute approximate surface area is 199 Å². The number of hydrogen-bond acceptors (Lipinski definition) is 4. The molecule has 7 heteroatoms. The van der Waals surface area contributed by atoms with Crippen LogP contribution in [0.4, 0.5) is 0 Å². The van der Waals surface area contributed by atoms with Gasteiger partial charge in [0, 0.05) is 32.8 Å². The lowest BCUT2D eigenvalue weighted by Gasteiger charge is -2.37. The van der Waals surface area contributed by atoms with Crippen molar-refractivity contribution in [3.8, 4) is 0 Å². The Balaban J connectivity index is 0.00000320. The van der Waals surface area contributed by atoms with Crippen molar-refractivity contribution in [1.29, 1.82) is 0 Å². The maximum atomic E-state index is 6.00. The molecule has 0 saturated carbocycles. The fourth-order valence-electron chi connectivity index (χ4n) is 4.11. The van der Waals surface area contributed by atoms with E-state index in [-0.39, 0.29) is 36.2 Å². The minimum atomic E-state index is 0. The van der Waals surface area contributed by atoms with Crippen molar-refractivity contribution < 1.29 is 9.47 Å². The molecule has 0 bridgehead atoms. The van der Waals surface area contributed by atoms with Gasteiger partial charge in [-0.05, 0) is 44.0 Å². The summed E-state index contributed by atoms with van der Waals surface area (Å²) >= 11 is 0. The summed E-state index contributed by atoms with van der Waals surface area (Å²) in [5, 5.41) is 3.47. The lowest BCUT2D eigenvalue weighted by Crippen LogP contribution is -2.53. The molecule has 2 atom stereocenters. The number of morpholine rings is 1. The van der Waals surface area contributed by atoms with Gasteiger partial charge in [0.25, 0.3) is 0 Å². The maximum absolute atomic E-state index is 6.00. The Morgan fingerprint density at radius 2 is 1.90 bits per heavy atom. The van der Waals surface area contributed by atoms with Gasteiger partial charge in [-0.3, -0.25) is 4.90 Å². The highest BCUT2D eigenvalue weighted by Crippen LogP contribution is 2.21. The SMILES string of the molecule is CCNC(=NCc1cccc(CN(CC)CC)c1)N1CCOC(C2CCCO2)C1.I. The zero-order chi connectivity index (χ0) is 20.5. The molecular formula is C23H39IN4O2. The molecular weight excluding hydrogens is 491 g/mol. The number of hydrogen-bond donors (Lipinski definition) is 1. The maximum Gasteiger partial charge on any atom is 0.194 e. The highest BCUT2D eigenvalue weighted by molar-refractivity contribution is 14.0. The van der Waals surface area contributed by atoms with Gasteiger partial charge in [-0.1, -0.05) is 38.1 Å². The monoisotopic (exact) mass is 530 g/mol. The number of nitrogens with zero attached hydrogens (tertiary/aromatic N) is 3. The van der Waals surface area contributed by atoms with Crippen LogP contribution in [0.25, 0.3) is 0 Å². The molecule has 30 heavy (non-hydrogen) atoms. The number of nitrogens with one attached hydrogen (secondary N) is 1. The van der Waals surface area contributed by atoms with E-state index in [1.165, 1.54) is 11.1 Å². The summed E-state index contributed by atoms with van der Waals surface area (Å²) in [5.41, 5.74) is 2.62. The molecule has 3 rings (SSSR count). The molecule has 0 aromatic heterocycles. The second-order valence-electron chi connectivity index (χ2n) is 7.86. The van der Waals surface area contributed by atoms with Gasteiger partial charge in [0.1, 0.15) is 6.10 Å². The van der Waals surface area contributed by atoms with Crippen LogP contribution in [-0.4, -0.2) is 73.9 Å². The molecule has 1 N–H and O–H groups in total. The van der Waals surface area contributed by atoms with E-state index in [0.717, 1.165) is 71.3 Å². The van der Waals surface area contributed by atoms with Gasteiger partial charge in [0.05, 0.1) is 19.3 Å². The number of ether oxygens (including phenoxy) is 2. The average molecular weight is 530 g/mol. The van der Waals surface area contributed by atoms with Crippen LogP contribution in [0.15, 0.2) is 29.3 Å². The molecule has 2 aliphatic heterocycles. The van der Waals surface area contributed by atoms with E-state index in [4.69, 9.17) is 14.5 Å². The Morgan fingerprint density at radius 1 is 1.13 bits per heavy atom. The van der Waals surface area contributed by atoms with Crippen LogP contribution in [0, 0.1) is 0 Å². The fourth-order valence-corrected chi connectivity index (χ4v) is 4.11. The summed E-state index contributed by atoms with van der Waals surface area (Å²) in [4.78, 5) is 9.72. The minimum Gasteiger partial charge on any atom is -0.375 e. The summed E-state index contributed by atoms with van der Waals surface area (Å²) in [6.07, 6.45) is 2.62. The Hall–Kier alpha value is -0.900. The Morgan fingerprint density at radius 3 is 2.60 bits per heavy atom. The van der Waals surface area contributed by atoms with Crippen LogP contribution < -0.4 is 5.32 Å². The standard InChI is InChI=1S/C23H38N4O2.HI/c1-4-24-23(27-12-14-29-22(18-27)21-11-8-13-28-21)25-16-19-9-7-10-20(15-19)17-26(5-2)6-3;/h7,9-10,15,21-22H,4-6,8,11-14,16-18H2,1-3H3,(H,24,25);1H. The van der Waals surface area contributed by atoms with Gasteiger partial charge in [-0.2, -0.15) is 0 Å². The first-order valence-corrected chi connectivity index (χ1v) is 11.3. The van der Waals surface area contributed by atoms with E-state index >= 15 is 0 Å². The number of benzene rings is 1. The predicted molar refractivity (Wildman–Crippen MR) is 134 cm³/mol. The third-order valence-electron chi connectivity index (χ3n) is 5.81.